The van der Waals surface area contributed by atoms with Gasteiger partial charge < -0.3 is 16.2 Å². The minimum atomic E-state index is -0.881. The number of nitrogens with two attached hydrogens (primary N) is 1. The van der Waals surface area contributed by atoms with E-state index in [9.17, 15) is 19.6 Å². The average molecular weight is 482 g/mol. The molecule has 0 fully saturated rings. The van der Waals surface area contributed by atoms with Gasteiger partial charge in [-0.1, -0.05) is 36.4 Å². The Morgan fingerprint density at radius 2 is 1.92 bits per heavy atom. The van der Waals surface area contributed by atoms with Crippen molar-refractivity contribution in [2.24, 2.45) is 5.73 Å². The molecule has 2 aromatic heterocycles. The Kier molecular flexibility index (Phi) is 7.63. The van der Waals surface area contributed by atoms with Crippen LogP contribution in [0.25, 0.3) is 11.3 Å². The molecule has 4 N–H and O–H groups in total. The molecule has 1 atom stereocenters. The summed E-state index contributed by atoms with van der Waals surface area (Å²) in [6, 6.07) is 20.8. The van der Waals surface area contributed by atoms with Crippen LogP contribution in [0.1, 0.15) is 33.7 Å². The summed E-state index contributed by atoms with van der Waals surface area (Å²) in [6.45, 7) is 0.181. The lowest BCUT2D eigenvalue weighted by molar-refractivity contribution is -0.118. The van der Waals surface area contributed by atoms with Crippen molar-refractivity contribution in [3.63, 3.8) is 0 Å². The van der Waals surface area contributed by atoms with Crippen LogP contribution >= 0.6 is 0 Å². The summed E-state index contributed by atoms with van der Waals surface area (Å²) in [5.41, 5.74) is 9.90. The van der Waals surface area contributed by atoms with Gasteiger partial charge in [-0.15, -0.1) is 0 Å². The second-order valence-corrected chi connectivity index (χ2v) is 8.22. The molecular formula is C28H24FN5O2. The minimum Gasteiger partial charge on any atom is -0.392 e. The fraction of sp³-hybridized carbons (Fsp3) is 0.143. The summed E-state index contributed by atoms with van der Waals surface area (Å²) in [5, 5.41) is 22.3. The Bertz CT molecular complexity index is 1430. The van der Waals surface area contributed by atoms with Crippen molar-refractivity contribution >= 4 is 11.7 Å². The molecule has 1 amide bonds. The van der Waals surface area contributed by atoms with Crippen molar-refractivity contribution in [2.75, 3.05) is 11.9 Å². The highest BCUT2D eigenvalue weighted by Crippen LogP contribution is 2.32. The lowest BCUT2D eigenvalue weighted by Crippen LogP contribution is -2.24. The van der Waals surface area contributed by atoms with Crippen molar-refractivity contribution in [3.8, 4) is 17.3 Å². The Morgan fingerprint density at radius 1 is 1.08 bits per heavy atom. The zero-order valence-electron chi connectivity index (χ0n) is 19.4. The van der Waals surface area contributed by atoms with Crippen LogP contribution in [0.3, 0.4) is 0 Å². The quantitative estimate of drug-likeness (QED) is 0.333. The maximum atomic E-state index is 13.6. The number of carbonyl (C=O) groups excluding carboxylic acids is 1. The van der Waals surface area contributed by atoms with Gasteiger partial charge in [0.1, 0.15) is 11.6 Å². The van der Waals surface area contributed by atoms with Crippen molar-refractivity contribution < 1.29 is 14.3 Å². The molecule has 0 spiro atoms. The number of aromatic nitrogens is 2. The van der Waals surface area contributed by atoms with Gasteiger partial charge in [-0.2, -0.15) is 5.26 Å². The fourth-order valence-corrected chi connectivity index (χ4v) is 4.07. The molecule has 7 nitrogen and oxygen atoms in total. The van der Waals surface area contributed by atoms with Crippen LogP contribution in [0.15, 0.2) is 79.1 Å². The summed E-state index contributed by atoms with van der Waals surface area (Å²) >= 11 is 0. The van der Waals surface area contributed by atoms with Gasteiger partial charge in [0.05, 0.1) is 29.9 Å². The zero-order chi connectivity index (χ0) is 25.5. The second kappa shape index (κ2) is 11.2. The van der Waals surface area contributed by atoms with E-state index in [4.69, 9.17) is 10.7 Å². The summed E-state index contributed by atoms with van der Waals surface area (Å²) in [4.78, 5) is 21.5. The molecule has 1 unspecified atom stereocenters. The zero-order valence-corrected chi connectivity index (χ0v) is 19.4. The van der Waals surface area contributed by atoms with Gasteiger partial charge in [0.25, 0.3) is 0 Å². The van der Waals surface area contributed by atoms with E-state index in [2.05, 4.69) is 16.4 Å². The Labute approximate surface area is 208 Å². The van der Waals surface area contributed by atoms with Crippen molar-refractivity contribution in [2.45, 2.75) is 18.9 Å². The first-order valence-corrected chi connectivity index (χ1v) is 11.3. The van der Waals surface area contributed by atoms with Crippen LogP contribution < -0.4 is 11.1 Å². The van der Waals surface area contributed by atoms with E-state index >= 15 is 0 Å². The van der Waals surface area contributed by atoms with Crippen molar-refractivity contribution in [1.29, 1.82) is 5.26 Å². The van der Waals surface area contributed by atoms with E-state index in [1.807, 2.05) is 12.1 Å². The molecule has 0 saturated carbocycles. The fourth-order valence-electron chi connectivity index (χ4n) is 4.07. The number of benzene rings is 2. The van der Waals surface area contributed by atoms with Crippen molar-refractivity contribution in [3.05, 3.63) is 113 Å². The Hall–Kier alpha value is -4.61. The molecule has 0 aliphatic rings. The summed E-state index contributed by atoms with van der Waals surface area (Å²) < 4.78 is 13.6. The van der Waals surface area contributed by atoms with E-state index in [1.165, 1.54) is 24.5 Å². The van der Waals surface area contributed by atoms with E-state index in [0.29, 0.717) is 52.3 Å². The van der Waals surface area contributed by atoms with Crippen LogP contribution in [0, 0.1) is 17.1 Å². The predicted molar refractivity (Wildman–Crippen MR) is 134 cm³/mol. The van der Waals surface area contributed by atoms with Crippen LogP contribution in [0.4, 0.5) is 10.2 Å². The molecule has 0 aliphatic heterocycles. The number of nitrogens with zero attached hydrogens (tertiary/aromatic N) is 3. The number of carbonyl (C=O) groups is 1. The first-order valence-electron chi connectivity index (χ1n) is 11.3. The smallest absolute Gasteiger partial charge is 0.229 e. The molecule has 4 aromatic rings. The number of rotatable bonds is 9. The highest BCUT2D eigenvalue weighted by molar-refractivity contribution is 5.87. The molecule has 0 bridgehead atoms. The number of hydrogen-bond acceptors (Lipinski definition) is 6. The number of hydrogen-bond donors (Lipinski definition) is 3. The maximum absolute atomic E-state index is 13.6. The molecule has 2 heterocycles. The van der Waals surface area contributed by atoms with Crippen LogP contribution in [-0.4, -0.2) is 27.5 Å². The molecule has 36 heavy (non-hydrogen) atoms. The molecule has 0 aliphatic carbocycles. The van der Waals surface area contributed by atoms with Gasteiger partial charge in [-0.05, 0) is 53.4 Å². The van der Waals surface area contributed by atoms with Gasteiger partial charge in [-0.3, -0.25) is 9.78 Å². The van der Waals surface area contributed by atoms with Gasteiger partial charge in [0.15, 0.2) is 0 Å². The summed E-state index contributed by atoms with van der Waals surface area (Å²) in [7, 11) is 0. The van der Waals surface area contributed by atoms with E-state index in [0.717, 1.165) is 5.56 Å². The van der Waals surface area contributed by atoms with Gasteiger partial charge in [0, 0.05) is 30.1 Å². The number of aliphatic hydroxyl groups is 1. The third-order valence-electron chi connectivity index (χ3n) is 5.77. The number of nitrogens with one attached hydrogen (secondary N) is 1. The predicted octanol–water partition coefficient (Wildman–Crippen LogP) is 3.92. The molecule has 0 radical (unpaired) electrons. The topological polar surface area (TPSA) is 125 Å². The molecule has 4 rings (SSSR count). The van der Waals surface area contributed by atoms with Crippen LogP contribution in [0.5, 0.6) is 0 Å². The monoisotopic (exact) mass is 481 g/mol. The third kappa shape index (κ3) is 5.54. The van der Waals surface area contributed by atoms with Gasteiger partial charge in [0.2, 0.25) is 5.91 Å². The van der Waals surface area contributed by atoms with E-state index in [1.54, 1.807) is 42.5 Å². The summed E-state index contributed by atoms with van der Waals surface area (Å²) in [6.07, 6.45) is 3.56. The van der Waals surface area contributed by atoms with Crippen LogP contribution in [0.2, 0.25) is 0 Å². The number of aliphatic hydroxyl groups excluding tert-OH is 1. The normalized spacial score (nSPS) is 11.5. The molecule has 180 valence electrons. The number of amides is 1. The lowest BCUT2D eigenvalue weighted by atomic mass is 9.90. The number of primary amides is 1. The molecule has 2 aromatic carbocycles. The Balaban J connectivity index is 1.76. The number of pyridine rings is 2. The standard InChI is InChI=1S/C28H24FN5O2/c29-22-6-3-4-18(13-22)10-11-33-28-24(26(27(31)36)21-12-19(17-35)15-32-16-21)8-9-25(34-28)23-7-2-1-5-20(23)14-30/h1-9,12-13,15-16,26,35H,10-11,17H2,(H2,31,36)(H,33,34). The first kappa shape index (κ1) is 24.5. The maximum Gasteiger partial charge on any atom is 0.229 e. The first-order chi connectivity index (χ1) is 17.5. The average Bonchev–Trinajstić information content (AvgIpc) is 2.89. The minimum absolute atomic E-state index is 0.229. The number of anilines is 1. The van der Waals surface area contributed by atoms with Crippen LogP contribution in [-0.2, 0) is 17.8 Å². The largest absolute Gasteiger partial charge is 0.392 e. The number of halogens is 1. The third-order valence-corrected chi connectivity index (χ3v) is 5.77. The summed E-state index contributed by atoms with van der Waals surface area (Å²) in [5.74, 6) is -1.39. The number of nitriles is 1. The highest BCUT2D eigenvalue weighted by Gasteiger charge is 2.25. The Morgan fingerprint density at radius 3 is 2.67 bits per heavy atom. The lowest BCUT2D eigenvalue weighted by Gasteiger charge is -2.20. The molecular weight excluding hydrogens is 457 g/mol. The SMILES string of the molecule is N#Cc1ccccc1-c1ccc(C(C(N)=O)c2cncc(CO)c2)c(NCCc2cccc(F)c2)n1. The second-order valence-electron chi connectivity index (χ2n) is 8.22. The van der Waals surface area contributed by atoms with Gasteiger partial charge >= 0.3 is 0 Å². The van der Waals surface area contributed by atoms with E-state index < -0.39 is 11.8 Å². The van der Waals surface area contributed by atoms with Gasteiger partial charge in [-0.25, -0.2) is 9.37 Å². The molecule has 8 heteroatoms. The highest BCUT2D eigenvalue weighted by atomic mass is 19.1. The van der Waals surface area contributed by atoms with E-state index in [-0.39, 0.29) is 12.4 Å². The molecule has 0 saturated heterocycles. The van der Waals surface area contributed by atoms with Crippen molar-refractivity contribution in [1.82, 2.24) is 9.97 Å².